The molecule has 2 rings (SSSR count). The quantitative estimate of drug-likeness (QED) is 0.859. The van der Waals surface area contributed by atoms with Crippen molar-refractivity contribution in [2.75, 3.05) is 7.11 Å². The van der Waals surface area contributed by atoms with Crippen LogP contribution in [-0.4, -0.2) is 11.3 Å². The predicted molar refractivity (Wildman–Crippen MR) is 74.3 cm³/mol. The summed E-state index contributed by atoms with van der Waals surface area (Å²) in [6.45, 7) is 0. The molecule has 0 aliphatic rings. The van der Waals surface area contributed by atoms with Gasteiger partial charge in [0.1, 0.15) is 5.75 Å². The van der Waals surface area contributed by atoms with Gasteiger partial charge in [0.05, 0.1) is 35.3 Å². The molecule has 0 saturated heterocycles. The normalized spacial score (nSPS) is 11.6. The van der Waals surface area contributed by atoms with Gasteiger partial charge in [-0.1, -0.05) is 12.1 Å². The highest BCUT2D eigenvalue weighted by molar-refractivity contribution is 7.84. The fourth-order valence-corrected chi connectivity index (χ4v) is 2.74. The summed E-state index contributed by atoms with van der Waals surface area (Å²) in [5.41, 5.74) is 1.56. The summed E-state index contributed by atoms with van der Waals surface area (Å²) in [6.07, 6.45) is 0. The van der Waals surface area contributed by atoms with Gasteiger partial charge in [0.25, 0.3) is 0 Å². The summed E-state index contributed by atoms with van der Waals surface area (Å²) in [4.78, 5) is 0.769. The van der Waals surface area contributed by atoms with Gasteiger partial charge in [0, 0.05) is 4.90 Å². The summed E-state index contributed by atoms with van der Waals surface area (Å²) in [6, 6.07) is 16.4. The van der Waals surface area contributed by atoms with Gasteiger partial charge in [-0.3, -0.25) is 4.21 Å². The van der Waals surface area contributed by atoms with Crippen LogP contribution in [0.5, 0.6) is 5.75 Å². The minimum atomic E-state index is -1.09. The number of ether oxygens (including phenoxy) is 1. The Hall–Kier alpha value is -2.12. The van der Waals surface area contributed by atoms with Gasteiger partial charge in [-0.25, -0.2) is 0 Å². The molecule has 0 aliphatic heterocycles. The van der Waals surface area contributed by atoms with Gasteiger partial charge in [0.15, 0.2) is 0 Å². The van der Waals surface area contributed by atoms with Gasteiger partial charge >= 0.3 is 0 Å². The molecule has 0 amide bonds. The number of rotatable bonds is 4. The molecule has 0 spiro atoms. The minimum Gasteiger partial charge on any atom is -0.497 e. The van der Waals surface area contributed by atoms with Crippen molar-refractivity contribution in [2.24, 2.45) is 0 Å². The number of hydrogen-bond acceptors (Lipinski definition) is 3. The highest BCUT2D eigenvalue weighted by Gasteiger charge is 2.05. The molecule has 4 heteroatoms. The third kappa shape index (κ3) is 3.43. The van der Waals surface area contributed by atoms with E-state index in [4.69, 9.17) is 10.00 Å². The third-order valence-electron chi connectivity index (χ3n) is 2.70. The van der Waals surface area contributed by atoms with E-state index in [1.165, 1.54) is 0 Å². The van der Waals surface area contributed by atoms with E-state index < -0.39 is 10.8 Å². The van der Waals surface area contributed by atoms with Crippen molar-refractivity contribution in [3.8, 4) is 11.8 Å². The van der Waals surface area contributed by atoms with Crippen LogP contribution >= 0.6 is 0 Å². The Morgan fingerprint density at radius 2 is 1.74 bits per heavy atom. The number of benzene rings is 2. The number of hydrogen-bond donors (Lipinski definition) is 0. The second kappa shape index (κ2) is 6.17. The van der Waals surface area contributed by atoms with Crippen LogP contribution in [0, 0.1) is 11.3 Å². The molecule has 2 aromatic rings. The zero-order chi connectivity index (χ0) is 13.7. The Balaban J connectivity index is 2.09. The smallest absolute Gasteiger partial charge is 0.118 e. The predicted octanol–water partition coefficient (Wildman–Crippen LogP) is 2.87. The van der Waals surface area contributed by atoms with Crippen molar-refractivity contribution >= 4 is 10.8 Å². The number of nitrogens with zero attached hydrogens (tertiary/aromatic N) is 1. The van der Waals surface area contributed by atoms with Gasteiger partial charge in [0.2, 0.25) is 0 Å². The summed E-state index contributed by atoms with van der Waals surface area (Å²) < 4.78 is 17.2. The van der Waals surface area contributed by atoms with E-state index in [1.54, 1.807) is 43.5 Å². The molecule has 2 aromatic carbocycles. The lowest BCUT2D eigenvalue weighted by atomic mass is 10.2. The van der Waals surface area contributed by atoms with E-state index in [0.717, 1.165) is 16.2 Å². The molecule has 0 bridgehead atoms. The molecule has 0 saturated carbocycles. The molecule has 0 radical (unpaired) electrons. The van der Waals surface area contributed by atoms with Crippen LogP contribution in [0.2, 0.25) is 0 Å². The summed E-state index contributed by atoms with van der Waals surface area (Å²) >= 11 is 0. The zero-order valence-electron chi connectivity index (χ0n) is 10.5. The number of methoxy groups -OCH3 is 1. The molecule has 0 aromatic heterocycles. The first-order valence-corrected chi connectivity index (χ1v) is 7.06. The topological polar surface area (TPSA) is 50.1 Å². The largest absolute Gasteiger partial charge is 0.497 e. The highest BCUT2D eigenvalue weighted by atomic mass is 32.2. The Bertz CT molecular complexity index is 612. The van der Waals surface area contributed by atoms with Crippen molar-refractivity contribution in [3.63, 3.8) is 0 Å². The number of nitriles is 1. The molecule has 1 unspecified atom stereocenters. The van der Waals surface area contributed by atoms with E-state index in [1.807, 2.05) is 12.1 Å². The second-order valence-electron chi connectivity index (χ2n) is 3.97. The average molecular weight is 271 g/mol. The van der Waals surface area contributed by atoms with Gasteiger partial charge in [-0.2, -0.15) is 5.26 Å². The van der Waals surface area contributed by atoms with E-state index in [9.17, 15) is 4.21 Å². The lowest BCUT2D eigenvalue weighted by Gasteiger charge is -2.04. The first-order chi connectivity index (χ1) is 9.22. The molecule has 0 heterocycles. The van der Waals surface area contributed by atoms with Gasteiger partial charge in [-0.15, -0.1) is 0 Å². The third-order valence-corrected chi connectivity index (χ3v) is 4.10. The minimum absolute atomic E-state index is 0.442. The molecule has 96 valence electrons. The van der Waals surface area contributed by atoms with Crippen molar-refractivity contribution < 1.29 is 8.95 Å². The molecular weight excluding hydrogens is 258 g/mol. The fraction of sp³-hybridized carbons (Fsp3) is 0.133. The van der Waals surface area contributed by atoms with Gasteiger partial charge in [-0.05, 0) is 42.0 Å². The van der Waals surface area contributed by atoms with Crippen molar-refractivity contribution in [1.82, 2.24) is 0 Å². The average Bonchev–Trinajstić information content (AvgIpc) is 2.48. The Morgan fingerprint density at radius 1 is 1.11 bits per heavy atom. The molecule has 0 N–H and O–H groups in total. The molecule has 0 fully saturated rings. The van der Waals surface area contributed by atoms with Crippen LogP contribution in [0.25, 0.3) is 0 Å². The van der Waals surface area contributed by atoms with Crippen LogP contribution in [-0.2, 0) is 16.6 Å². The molecular formula is C15H13NO2S. The van der Waals surface area contributed by atoms with Crippen molar-refractivity contribution in [1.29, 1.82) is 5.26 Å². The van der Waals surface area contributed by atoms with Crippen molar-refractivity contribution in [3.05, 3.63) is 59.7 Å². The molecule has 3 nitrogen and oxygen atoms in total. The zero-order valence-corrected chi connectivity index (χ0v) is 11.3. The maximum absolute atomic E-state index is 12.2. The molecule has 19 heavy (non-hydrogen) atoms. The highest BCUT2D eigenvalue weighted by Crippen LogP contribution is 2.17. The molecule has 1 atom stereocenters. The lowest BCUT2D eigenvalue weighted by molar-refractivity contribution is 0.414. The lowest BCUT2D eigenvalue weighted by Crippen LogP contribution is -1.96. The van der Waals surface area contributed by atoms with E-state index in [2.05, 4.69) is 6.07 Å². The van der Waals surface area contributed by atoms with Crippen LogP contribution in [0.1, 0.15) is 11.1 Å². The van der Waals surface area contributed by atoms with Crippen LogP contribution in [0.4, 0.5) is 0 Å². The van der Waals surface area contributed by atoms with E-state index >= 15 is 0 Å². The SMILES string of the molecule is COc1ccc(S(=O)Cc2ccc(C#N)cc2)cc1. The van der Waals surface area contributed by atoms with Crippen LogP contribution < -0.4 is 4.74 Å². The Morgan fingerprint density at radius 3 is 2.26 bits per heavy atom. The Labute approximate surface area is 114 Å². The maximum atomic E-state index is 12.2. The molecule has 0 aliphatic carbocycles. The fourth-order valence-electron chi connectivity index (χ4n) is 1.64. The maximum Gasteiger partial charge on any atom is 0.118 e. The first kappa shape index (κ1) is 13.3. The summed E-state index contributed by atoms with van der Waals surface area (Å²) in [5, 5.41) is 8.72. The van der Waals surface area contributed by atoms with E-state index in [0.29, 0.717) is 11.3 Å². The summed E-state index contributed by atoms with van der Waals surface area (Å²) in [7, 11) is 0.508. The first-order valence-electron chi connectivity index (χ1n) is 5.74. The monoisotopic (exact) mass is 271 g/mol. The van der Waals surface area contributed by atoms with Crippen LogP contribution in [0.15, 0.2) is 53.4 Å². The second-order valence-corrected chi connectivity index (χ2v) is 5.43. The summed E-state index contributed by atoms with van der Waals surface area (Å²) in [5.74, 6) is 1.19. The Kier molecular flexibility index (Phi) is 4.32. The van der Waals surface area contributed by atoms with E-state index in [-0.39, 0.29) is 0 Å². The van der Waals surface area contributed by atoms with Crippen LogP contribution in [0.3, 0.4) is 0 Å². The standard InChI is InChI=1S/C15H13NO2S/c1-18-14-6-8-15(9-7-14)19(17)11-13-4-2-12(10-16)3-5-13/h2-9H,11H2,1H3. The van der Waals surface area contributed by atoms with Crippen molar-refractivity contribution in [2.45, 2.75) is 10.6 Å². The van der Waals surface area contributed by atoms with Gasteiger partial charge < -0.3 is 4.74 Å².